The molecule has 0 spiro atoms. The highest BCUT2D eigenvalue weighted by Gasteiger charge is 2.30. The van der Waals surface area contributed by atoms with Gasteiger partial charge in [0.05, 0.1) is 19.1 Å². The summed E-state index contributed by atoms with van der Waals surface area (Å²) >= 11 is 5.14. The highest BCUT2D eigenvalue weighted by atomic mass is 79.9. The predicted molar refractivity (Wildman–Crippen MR) is 170 cm³/mol. The van der Waals surface area contributed by atoms with Crippen LogP contribution in [0.15, 0.2) is 33.0 Å². The van der Waals surface area contributed by atoms with E-state index < -0.39 is 6.10 Å². The van der Waals surface area contributed by atoms with Crippen molar-refractivity contribution in [2.24, 2.45) is 11.8 Å². The quantitative estimate of drug-likeness (QED) is 0.308. The van der Waals surface area contributed by atoms with Gasteiger partial charge < -0.3 is 34.1 Å². The number of nitrogens with zero attached hydrogens (tertiary/aromatic N) is 6. The van der Waals surface area contributed by atoms with Crippen molar-refractivity contribution >= 4 is 56.6 Å². The second kappa shape index (κ2) is 14.1. The highest BCUT2D eigenvalue weighted by molar-refractivity contribution is 9.10. The molecular weight excluding hydrogens is 666 g/mol. The van der Waals surface area contributed by atoms with Gasteiger partial charge in [-0.1, -0.05) is 18.7 Å². The number of fused-ring (bicyclic) bond motifs is 2. The maximum atomic E-state index is 13.2. The fraction of sp³-hybridized carbons (Fsp3) is 0.567. The van der Waals surface area contributed by atoms with Crippen molar-refractivity contribution in [2.45, 2.75) is 55.8 Å². The molecule has 13 nitrogen and oxygen atoms in total. The van der Waals surface area contributed by atoms with Gasteiger partial charge in [0.2, 0.25) is 6.79 Å². The highest BCUT2D eigenvalue weighted by Crippen LogP contribution is 2.43. The molecule has 15 heteroatoms. The molecule has 5 heterocycles. The topological polar surface area (TPSA) is 147 Å². The number of hydrogen-bond acceptors (Lipinski definition) is 12. The van der Waals surface area contributed by atoms with Crippen molar-refractivity contribution in [3.63, 3.8) is 0 Å². The summed E-state index contributed by atoms with van der Waals surface area (Å²) in [6, 6.07) is 3.83. The standard InChI is InChI=1S/C30H38BrN7O6S/c1-18(15-36-9-11-41-12-10-36)29(40)44-19(2)28(39)37-6-3-20(4-7-37)5-8-38-27-25(26(32)33-16-34-27)35-30(38)45-24-14-23-22(13-21(24)31)42-17-43-23/h13-14,16,18-20H,3-12,15,17H2,1-2H3,(H2,32,33,34)/t18?,19-/m0/s1. The SMILES string of the molecule is CC(CN1CCOCC1)C(=O)O[C@@H](C)C(=O)N1CCC(CCn2c(Sc3cc4c(cc3Br)OCO4)nc3c(N)ncnc32)CC1. The molecule has 6 rings (SSSR count). The lowest BCUT2D eigenvalue weighted by Crippen LogP contribution is -2.45. The number of nitrogen functional groups attached to an aromatic ring is 1. The summed E-state index contributed by atoms with van der Waals surface area (Å²) in [7, 11) is 0. The van der Waals surface area contributed by atoms with Crippen LogP contribution in [0.5, 0.6) is 11.5 Å². The number of carbonyl (C=O) groups excluding carboxylic acids is 2. The van der Waals surface area contributed by atoms with E-state index in [-0.39, 0.29) is 24.6 Å². The van der Waals surface area contributed by atoms with Crippen molar-refractivity contribution in [3.05, 3.63) is 22.9 Å². The minimum absolute atomic E-state index is 0.138. The van der Waals surface area contributed by atoms with Crippen LogP contribution in [0.2, 0.25) is 0 Å². The zero-order chi connectivity index (χ0) is 31.5. The smallest absolute Gasteiger partial charge is 0.310 e. The van der Waals surface area contributed by atoms with E-state index in [2.05, 4.69) is 35.4 Å². The normalized spacial score (nSPS) is 18.7. The van der Waals surface area contributed by atoms with Crippen LogP contribution in [-0.2, 0) is 25.6 Å². The van der Waals surface area contributed by atoms with Crippen molar-refractivity contribution in [1.29, 1.82) is 0 Å². The fourth-order valence-corrected chi connectivity index (χ4v) is 7.39. The molecule has 2 atom stereocenters. The number of hydrogen-bond donors (Lipinski definition) is 1. The number of likely N-dealkylation sites (tertiary alicyclic amines) is 1. The van der Waals surface area contributed by atoms with Crippen molar-refractivity contribution in [1.82, 2.24) is 29.3 Å². The molecule has 1 unspecified atom stereocenters. The lowest BCUT2D eigenvalue weighted by molar-refractivity contribution is -0.163. The number of esters is 1. The molecule has 0 saturated carbocycles. The van der Waals surface area contributed by atoms with Crippen LogP contribution in [0.4, 0.5) is 5.82 Å². The van der Waals surface area contributed by atoms with Crippen LogP contribution in [0.3, 0.4) is 0 Å². The number of benzene rings is 1. The van der Waals surface area contributed by atoms with Gasteiger partial charge in [-0.25, -0.2) is 15.0 Å². The van der Waals surface area contributed by atoms with E-state index in [9.17, 15) is 9.59 Å². The number of halogens is 1. The van der Waals surface area contributed by atoms with E-state index in [1.165, 1.54) is 18.1 Å². The maximum Gasteiger partial charge on any atom is 0.310 e. The van der Waals surface area contributed by atoms with Gasteiger partial charge >= 0.3 is 5.97 Å². The molecule has 2 aromatic heterocycles. The first-order chi connectivity index (χ1) is 21.8. The van der Waals surface area contributed by atoms with Crippen LogP contribution < -0.4 is 15.2 Å². The van der Waals surface area contributed by atoms with Gasteiger partial charge in [-0.3, -0.25) is 14.5 Å². The molecule has 2 fully saturated rings. The Kier molecular flexibility index (Phi) is 9.97. The number of ether oxygens (including phenoxy) is 4. The summed E-state index contributed by atoms with van der Waals surface area (Å²) < 4.78 is 25.0. The minimum atomic E-state index is -0.807. The maximum absolute atomic E-state index is 13.2. The van der Waals surface area contributed by atoms with Crippen molar-refractivity contribution in [2.75, 3.05) is 58.5 Å². The molecule has 3 aliphatic heterocycles. The van der Waals surface area contributed by atoms with Crippen molar-refractivity contribution in [3.8, 4) is 11.5 Å². The summed E-state index contributed by atoms with van der Waals surface area (Å²) in [5, 5.41) is 0.753. The summed E-state index contributed by atoms with van der Waals surface area (Å²) in [5.74, 6) is 1.35. The molecular formula is C30H38BrN7O6S. The molecule has 45 heavy (non-hydrogen) atoms. The second-order valence-electron chi connectivity index (χ2n) is 11.7. The monoisotopic (exact) mass is 703 g/mol. The van der Waals surface area contributed by atoms with Crippen molar-refractivity contribution < 1.29 is 28.5 Å². The van der Waals surface area contributed by atoms with E-state index in [1.54, 1.807) is 6.92 Å². The summed E-state index contributed by atoms with van der Waals surface area (Å²) in [4.78, 5) is 44.2. The van der Waals surface area contributed by atoms with Gasteiger partial charge in [-0.15, -0.1) is 0 Å². The number of imidazole rings is 1. The second-order valence-corrected chi connectivity index (χ2v) is 13.5. The Morgan fingerprint density at radius 3 is 2.60 bits per heavy atom. The Hall–Kier alpha value is -3.14. The zero-order valence-electron chi connectivity index (χ0n) is 25.4. The number of amides is 1. The number of morpholine rings is 1. The van der Waals surface area contributed by atoms with E-state index in [0.717, 1.165) is 46.9 Å². The van der Waals surface area contributed by atoms with Crippen LogP contribution in [0, 0.1) is 11.8 Å². The Balaban J connectivity index is 1.04. The van der Waals surface area contributed by atoms with E-state index >= 15 is 0 Å². The first kappa shape index (κ1) is 31.8. The van der Waals surface area contributed by atoms with E-state index in [0.29, 0.717) is 73.8 Å². The molecule has 0 aliphatic carbocycles. The molecule has 3 aliphatic rings. The first-order valence-electron chi connectivity index (χ1n) is 15.3. The summed E-state index contributed by atoms with van der Waals surface area (Å²) in [6.45, 7) is 9.21. The van der Waals surface area contributed by atoms with Crippen LogP contribution in [0.25, 0.3) is 11.2 Å². The average molecular weight is 705 g/mol. The van der Waals surface area contributed by atoms with Gasteiger partial charge in [0.25, 0.3) is 5.91 Å². The summed E-state index contributed by atoms with van der Waals surface area (Å²) in [6.07, 6.45) is 3.26. The van der Waals surface area contributed by atoms with Crippen LogP contribution >= 0.6 is 27.7 Å². The molecule has 2 saturated heterocycles. The number of carbonyl (C=O) groups is 2. The Morgan fingerprint density at radius 2 is 1.84 bits per heavy atom. The minimum Gasteiger partial charge on any atom is -0.454 e. The molecule has 0 bridgehead atoms. The molecule has 1 aromatic carbocycles. The van der Waals surface area contributed by atoms with Gasteiger partial charge in [0.1, 0.15) is 6.33 Å². The molecule has 1 amide bonds. The van der Waals surface area contributed by atoms with Gasteiger partial charge in [0.15, 0.2) is 39.7 Å². The third-order valence-electron chi connectivity index (χ3n) is 8.52. The Morgan fingerprint density at radius 1 is 1.11 bits per heavy atom. The van der Waals surface area contributed by atoms with E-state index in [1.807, 2.05) is 24.0 Å². The number of anilines is 1. The lowest BCUT2D eigenvalue weighted by atomic mass is 9.93. The number of nitrogens with two attached hydrogens (primary N) is 1. The van der Waals surface area contributed by atoms with Gasteiger partial charge in [-0.2, -0.15) is 0 Å². The number of aromatic nitrogens is 4. The largest absolute Gasteiger partial charge is 0.454 e. The summed E-state index contributed by atoms with van der Waals surface area (Å²) in [5.41, 5.74) is 7.43. The molecule has 0 radical (unpaired) electrons. The lowest BCUT2D eigenvalue weighted by Gasteiger charge is -2.34. The van der Waals surface area contributed by atoms with Gasteiger partial charge in [0, 0.05) is 48.6 Å². The molecule has 2 N–H and O–H groups in total. The van der Waals surface area contributed by atoms with E-state index in [4.69, 9.17) is 29.7 Å². The first-order valence-corrected chi connectivity index (χ1v) is 16.9. The Bertz CT molecular complexity index is 1540. The predicted octanol–water partition coefficient (Wildman–Crippen LogP) is 3.58. The van der Waals surface area contributed by atoms with Gasteiger partial charge in [-0.05, 0) is 60.2 Å². The number of piperidine rings is 1. The average Bonchev–Trinajstić information content (AvgIpc) is 3.64. The number of aryl methyl sites for hydroxylation is 1. The van der Waals surface area contributed by atoms with Crippen LogP contribution in [-0.4, -0.2) is 100 Å². The number of rotatable bonds is 10. The third kappa shape index (κ3) is 7.31. The molecule has 3 aromatic rings. The fourth-order valence-electron chi connectivity index (χ4n) is 5.89. The molecule has 242 valence electrons. The van der Waals surface area contributed by atoms with Crippen LogP contribution in [0.1, 0.15) is 33.1 Å². The third-order valence-corrected chi connectivity index (χ3v) is 10.5. The Labute approximate surface area is 274 Å². The zero-order valence-corrected chi connectivity index (χ0v) is 27.8.